The van der Waals surface area contributed by atoms with Crippen LogP contribution >= 0.6 is 0 Å². The monoisotopic (exact) mass is 184 g/mol. The molecule has 0 heterocycles. The lowest BCUT2D eigenvalue weighted by atomic mass is 9.60. The van der Waals surface area contributed by atoms with Crippen molar-refractivity contribution < 1.29 is 9.18 Å². The van der Waals surface area contributed by atoms with E-state index in [-0.39, 0.29) is 11.2 Å². The number of ketones is 1. The van der Waals surface area contributed by atoms with Gasteiger partial charge in [0.25, 0.3) is 0 Å². The number of hydrogen-bond acceptors (Lipinski definition) is 1. The molecule has 1 unspecified atom stereocenters. The molecule has 74 valence electrons. The van der Waals surface area contributed by atoms with Gasteiger partial charge in [-0.15, -0.1) is 0 Å². The van der Waals surface area contributed by atoms with Crippen molar-refractivity contribution in [2.24, 2.45) is 11.3 Å². The molecule has 0 spiro atoms. The summed E-state index contributed by atoms with van der Waals surface area (Å²) in [6.45, 7) is 2.16. The zero-order chi connectivity index (χ0) is 9.47. The Morgan fingerprint density at radius 3 is 3.00 bits per heavy atom. The van der Waals surface area contributed by atoms with Crippen molar-refractivity contribution in [1.29, 1.82) is 0 Å². The number of rotatable bonds is 0. The van der Waals surface area contributed by atoms with E-state index >= 15 is 0 Å². The Morgan fingerprint density at radius 1 is 1.46 bits per heavy atom. The molecule has 2 aliphatic rings. The highest BCUT2D eigenvalue weighted by molar-refractivity contribution is 5.84. The molecule has 3 atom stereocenters. The van der Waals surface area contributed by atoms with E-state index in [0.29, 0.717) is 18.8 Å². The van der Waals surface area contributed by atoms with Gasteiger partial charge in [0.1, 0.15) is 0 Å². The highest BCUT2D eigenvalue weighted by Gasteiger charge is 2.45. The first-order valence-corrected chi connectivity index (χ1v) is 5.29. The molecular weight excluding hydrogens is 167 g/mol. The fourth-order valence-electron chi connectivity index (χ4n) is 2.98. The second-order valence-electron chi connectivity index (χ2n) is 4.94. The molecule has 2 heteroatoms. The van der Waals surface area contributed by atoms with Crippen molar-refractivity contribution in [2.45, 2.75) is 51.6 Å². The van der Waals surface area contributed by atoms with E-state index in [1.54, 1.807) is 0 Å². The maximum atomic E-state index is 13.2. The Bertz CT molecular complexity index is 226. The lowest BCUT2D eigenvalue weighted by Gasteiger charge is -2.45. The van der Waals surface area contributed by atoms with Crippen LogP contribution in [0, 0.1) is 11.3 Å². The van der Waals surface area contributed by atoms with Crippen molar-refractivity contribution in [3.05, 3.63) is 0 Å². The minimum absolute atomic E-state index is 0.131. The molecule has 2 fully saturated rings. The summed E-state index contributed by atoms with van der Waals surface area (Å²) >= 11 is 0. The number of halogens is 1. The van der Waals surface area contributed by atoms with Crippen molar-refractivity contribution in [1.82, 2.24) is 0 Å². The van der Waals surface area contributed by atoms with E-state index in [9.17, 15) is 9.18 Å². The Labute approximate surface area is 78.7 Å². The standard InChI is InChI=1S/C11H17FO/c1-11-5-3-2-4-8(11)6-10(13)9(12)7-11/h8-9H,2-7H2,1H3/t8?,9-,11+/m0/s1. The molecule has 2 saturated carbocycles. The first-order valence-electron chi connectivity index (χ1n) is 5.29. The van der Waals surface area contributed by atoms with Crippen LogP contribution in [0.3, 0.4) is 0 Å². The maximum absolute atomic E-state index is 13.2. The van der Waals surface area contributed by atoms with Gasteiger partial charge in [-0.25, -0.2) is 4.39 Å². The van der Waals surface area contributed by atoms with Crippen molar-refractivity contribution in [3.8, 4) is 0 Å². The molecule has 0 aliphatic heterocycles. The third kappa shape index (κ3) is 1.51. The highest BCUT2D eigenvalue weighted by atomic mass is 19.1. The van der Waals surface area contributed by atoms with Gasteiger partial charge in [0.15, 0.2) is 12.0 Å². The molecule has 0 aromatic rings. The van der Waals surface area contributed by atoms with Crippen molar-refractivity contribution in [2.75, 3.05) is 0 Å². The third-order valence-electron chi connectivity index (χ3n) is 3.98. The Morgan fingerprint density at radius 2 is 2.23 bits per heavy atom. The molecular formula is C11H17FO. The minimum Gasteiger partial charge on any atom is -0.296 e. The summed E-state index contributed by atoms with van der Waals surface area (Å²) in [5.74, 6) is 0.324. The van der Waals surface area contributed by atoms with E-state index in [2.05, 4.69) is 6.92 Å². The van der Waals surface area contributed by atoms with Crippen LogP contribution in [-0.2, 0) is 4.79 Å². The molecule has 0 aromatic heterocycles. The smallest absolute Gasteiger partial charge is 0.167 e. The first-order chi connectivity index (χ1) is 6.12. The second kappa shape index (κ2) is 3.07. The summed E-state index contributed by atoms with van der Waals surface area (Å²) in [6.07, 6.45) is 4.51. The van der Waals surface area contributed by atoms with E-state index < -0.39 is 6.17 Å². The molecule has 0 N–H and O–H groups in total. The average molecular weight is 184 g/mol. The van der Waals surface area contributed by atoms with Gasteiger partial charge >= 0.3 is 0 Å². The number of alkyl halides is 1. The number of Topliss-reactive ketones (excluding diaryl/α,β-unsaturated/α-hetero) is 1. The molecule has 0 amide bonds. The van der Waals surface area contributed by atoms with Gasteiger partial charge in [0, 0.05) is 6.42 Å². The first kappa shape index (κ1) is 9.17. The predicted octanol–water partition coefficient (Wildman–Crippen LogP) is 2.88. The summed E-state index contributed by atoms with van der Waals surface area (Å²) < 4.78 is 13.2. The Balaban J connectivity index is 2.15. The van der Waals surface area contributed by atoms with Crippen LogP contribution in [0.2, 0.25) is 0 Å². The van der Waals surface area contributed by atoms with E-state index in [4.69, 9.17) is 0 Å². The van der Waals surface area contributed by atoms with Gasteiger partial charge in [0.2, 0.25) is 0 Å². The van der Waals surface area contributed by atoms with Crippen LogP contribution < -0.4 is 0 Å². The number of carbonyl (C=O) groups is 1. The Kier molecular flexibility index (Phi) is 2.17. The van der Waals surface area contributed by atoms with Gasteiger partial charge in [-0.1, -0.05) is 19.8 Å². The molecule has 0 bridgehead atoms. The topological polar surface area (TPSA) is 17.1 Å². The van der Waals surface area contributed by atoms with Gasteiger partial charge in [0.05, 0.1) is 0 Å². The molecule has 13 heavy (non-hydrogen) atoms. The molecule has 1 nitrogen and oxygen atoms in total. The summed E-state index contributed by atoms with van der Waals surface area (Å²) in [6, 6.07) is 0. The summed E-state index contributed by atoms with van der Waals surface area (Å²) in [5.41, 5.74) is 0.131. The normalized spacial score (nSPS) is 45.8. The molecule has 0 saturated heterocycles. The van der Waals surface area contributed by atoms with Gasteiger partial charge in [-0.05, 0) is 30.6 Å². The maximum Gasteiger partial charge on any atom is 0.167 e. The van der Waals surface area contributed by atoms with E-state index in [0.717, 1.165) is 12.8 Å². The molecule has 0 aromatic carbocycles. The average Bonchev–Trinajstić information content (AvgIpc) is 2.07. The SMILES string of the molecule is C[C@]12CCCCC1CC(=O)[C@@H](F)C2. The fourth-order valence-corrected chi connectivity index (χ4v) is 2.98. The highest BCUT2D eigenvalue weighted by Crippen LogP contribution is 2.49. The van der Waals surface area contributed by atoms with Crippen LogP contribution in [0.1, 0.15) is 45.4 Å². The largest absolute Gasteiger partial charge is 0.296 e. The van der Waals surface area contributed by atoms with E-state index in [1.165, 1.54) is 12.8 Å². The van der Waals surface area contributed by atoms with Crippen LogP contribution in [0.5, 0.6) is 0 Å². The fraction of sp³-hybridized carbons (Fsp3) is 0.909. The van der Waals surface area contributed by atoms with Gasteiger partial charge < -0.3 is 0 Å². The van der Waals surface area contributed by atoms with Crippen molar-refractivity contribution >= 4 is 5.78 Å². The molecule has 2 rings (SSSR count). The molecule has 0 radical (unpaired) electrons. The van der Waals surface area contributed by atoms with Crippen LogP contribution in [0.15, 0.2) is 0 Å². The summed E-state index contributed by atoms with van der Waals surface area (Å²) in [4.78, 5) is 11.2. The van der Waals surface area contributed by atoms with E-state index in [1.807, 2.05) is 0 Å². The van der Waals surface area contributed by atoms with Gasteiger partial charge in [-0.2, -0.15) is 0 Å². The summed E-state index contributed by atoms with van der Waals surface area (Å²) in [5, 5.41) is 0. The second-order valence-corrected chi connectivity index (χ2v) is 4.94. The van der Waals surface area contributed by atoms with Crippen LogP contribution in [0.25, 0.3) is 0 Å². The number of fused-ring (bicyclic) bond motifs is 1. The zero-order valence-electron chi connectivity index (χ0n) is 8.18. The van der Waals surface area contributed by atoms with Gasteiger partial charge in [-0.3, -0.25) is 4.79 Å². The summed E-state index contributed by atoms with van der Waals surface area (Å²) in [7, 11) is 0. The minimum atomic E-state index is -1.17. The predicted molar refractivity (Wildman–Crippen MR) is 49.2 cm³/mol. The van der Waals surface area contributed by atoms with Crippen LogP contribution in [-0.4, -0.2) is 12.0 Å². The Hall–Kier alpha value is -0.400. The van der Waals surface area contributed by atoms with Crippen LogP contribution in [0.4, 0.5) is 4.39 Å². The zero-order valence-corrected chi connectivity index (χ0v) is 8.18. The quantitative estimate of drug-likeness (QED) is 0.565. The molecule has 2 aliphatic carbocycles. The lowest BCUT2D eigenvalue weighted by Crippen LogP contribution is -2.42. The van der Waals surface area contributed by atoms with Crippen molar-refractivity contribution in [3.63, 3.8) is 0 Å². The number of hydrogen-bond donors (Lipinski definition) is 0. The number of carbonyl (C=O) groups excluding carboxylic acids is 1. The third-order valence-corrected chi connectivity index (χ3v) is 3.98. The lowest BCUT2D eigenvalue weighted by molar-refractivity contribution is -0.133.